The Morgan fingerprint density at radius 3 is 2.69 bits per heavy atom. The lowest BCUT2D eigenvalue weighted by Crippen LogP contribution is -2.13. The van der Waals surface area contributed by atoms with E-state index < -0.39 is 24.7 Å². The van der Waals surface area contributed by atoms with E-state index in [1.807, 2.05) is 0 Å². The highest BCUT2D eigenvalue weighted by Crippen LogP contribution is 2.31. The zero-order valence-electron chi connectivity index (χ0n) is 15.2. The van der Waals surface area contributed by atoms with Gasteiger partial charge in [-0.2, -0.15) is 0 Å². The zero-order valence-corrected chi connectivity index (χ0v) is 15.2. The number of amides is 1. The highest BCUT2D eigenvalue weighted by Gasteiger charge is 2.20. The van der Waals surface area contributed by atoms with E-state index in [2.05, 4.69) is 15.0 Å². The van der Waals surface area contributed by atoms with Gasteiger partial charge in [0.2, 0.25) is 0 Å². The lowest BCUT2D eigenvalue weighted by Gasteiger charge is -2.11. The molecule has 7 nitrogen and oxygen atoms in total. The normalized spacial score (nSPS) is 11.5. The number of alkyl halides is 2. The molecule has 0 spiro atoms. The number of primary amides is 1. The summed E-state index contributed by atoms with van der Waals surface area (Å²) in [6.07, 6.45) is 1.58. The number of aryl methyl sites for hydroxylation is 1. The van der Waals surface area contributed by atoms with Gasteiger partial charge in [0.05, 0.1) is 36.2 Å². The maximum atomic E-state index is 13.6. The maximum absolute atomic E-state index is 13.6. The molecule has 0 saturated heterocycles. The number of aromatic nitrogens is 5. The number of nitrogens with two attached hydrogens (primary N) is 1. The molecule has 0 saturated carbocycles. The minimum Gasteiger partial charge on any atom is -0.364 e. The van der Waals surface area contributed by atoms with Crippen LogP contribution >= 0.6 is 0 Å². The molecule has 10 heteroatoms. The summed E-state index contributed by atoms with van der Waals surface area (Å²) in [5.41, 5.74) is 7.67. The van der Waals surface area contributed by atoms with Gasteiger partial charge in [-0.1, -0.05) is 0 Å². The van der Waals surface area contributed by atoms with Crippen molar-refractivity contribution >= 4 is 11.6 Å². The van der Waals surface area contributed by atoms with Gasteiger partial charge in [-0.05, 0) is 31.2 Å². The Balaban J connectivity index is 1.94. The minimum absolute atomic E-state index is 0.152. The van der Waals surface area contributed by atoms with E-state index in [0.29, 0.717) is 28.3 Å². The third-order valence-electron chi connectivity index (χ3n) is 4.47. The molecule has 2 N–H and O–H groups in total. The lowest BCUT2D eigenvalue weighted by atomic mass is 10.1. The van der Waals surface area contributed by atoms with Gasteiger partial charge in [0.15, 0.2) is 0 Å². The molecule has 0 aliphatic rings. The Kier molecular flexibility index (Phi) is 4.53. The molecule has 0 aromatic carbocycles. The van der Waals surface area contributed by atoms with Crippen LogP contribution in [0.4, 0.5) is 13.2 Å². The van der Waals surface area contributed by atoms with Gasteiger partial charge in [0.1, 0.15) is 22.9 Å². The van der Waals surface area contributed by atoms with E-state index in [1.165, 1.54) is 40.5 Å². The first-order chi connectivity index (χ1) is 13.8. The Morgan fingerprint density at radius 1 is 1.21 bits per heavy atom. The topological polar surface area (TPSA) is 91.1 Å². The number of hydrogen-bond acceptors (Lipinski definition) is 4. The van der Waals surface area contributed by atoms with Crippen molar-refractivity contribution in [1.82, 2.24) is 23.9 Å². The van der Waals surface area contributed by atoms with Crippen LogP contribution < -0.4 is 5.73 Å². The van der Waals surface area contributed by atoms with Crippen LogP contribution in [0.15, 0.2) is 43.0 Å². The Hall–Kier alpha value is -3.69. The summed E-state index contributed by atoms with van der Waals surface area (Å²) in [6, 6.07) is 5.99. The number of imidazole rings is 2. The molecule has 0 atom stereocenters. The molecule has 0 bridgehead atoms. The standard InChI is InChI=1S/C19H15F3N6O/c1-10-12(20)3-4-13(26-10)17-18(27(9-25-17)8-15(21)22)11-2-5-16-24-6-14(19(23)29)28(16)7-11/h2-7,9,15H,8H2,1H3,(H2,23,29). The first-order valence-corrected chi connectivity index (χ1v) is 8.59. The molecular formula is C19H15F3N6O. The third-order valence-corrected chi connectivity index (χ3v) is 4.47. The highest BCUT2D eigenvalue weighted by molar-refractivity contribution is 5.92. The van der Waals surface area contributed by atoms with Crippen molar-refractivity contribution in [1.29, 1.82) is 0 Å². The molecule has 4 aromatic rings. The first-order valence-electron chi connectivity index (χ1n) is 8.59. The second kappa shape index (κ2) is 7.04. The first kappa shape index (κ1) is 18.7. The molecule has 4 aromatic heterocycles. The summed E-state index contributed by atoms with van der Waals surface area (Å²) >= 11 is 0. The zero-order chi connectivity index (χ0) is 20.7. The Bertz CT molecular complexity index is 1230. The lowest BCUT2D eigenvalue weighted by molar-refractivity contribution is 0.0994. The summed E-state index contributed by atoms with van der Waals surface area (Å²) in [7, 11) is 0. The Morgan fingerprint density at radius 2 is 2.00 bits per heavy atom. The SMILES string of the molecule is Cc1nc(-c2ncn(CC(F)F)c2-c2ccc3ncc(C(N)=O)n3c2)ccc1F. The highest BCUT2D eigenvalue weighted by atomic mass is 19.3. The average Bonchev–Trinajstić information content (AvgIpc) is 3.27. The molecule has 1 amide bonds. The van der Waals surface area contributed by atoms with Gasteiger partial charge in [-0.25, -0.2) is 28.1 Å². The van der Waals surface area contributed by atoms with Crippen molar-refractivity contribution in [2.24, 2.45) is 5.73 Å². The van der Waals surface area contributed by atoms with E-state index in [-0.39, 0.29) is 11.4 Å². The molecule has 29 heavy (non-hydrogen) atoms. The van der Waals surface area contributed by atoms with Crippen LogP contribution in [-0.4, -0.2) is 36.3 Å². The minimum atomic E-state index is -2.61. The fourth-order valence-electron chi connectivity index (χ4n) is 3.14. The van der Waals surface area contributed by atoms with Crippen LogP contribution in [-0.2, 0) is 6.54 Å². The number of hydrogen-bond donors (Lipinski definition) is 1. The fraction of sp³-hybridized carbons (Fsp3) is 0.158. The monoisotopic (exact) mass is 400 g/mol. The molecule has 0 unspecified atom stereocenters. The van der Waals surface area contributed by atoms with Crippen LogP contribution in [0.1, 0.15) is 16.2 Å². The van der Waals surface area contributed by atoms with E-state index in [4.69, 9.17) is 5.73 Å². The van der Waals surface area contributed by atoms with Crippen LogP contribution in [0.3, 0.4) is 0 Å². The number of pyridine rings is 2. The largest absolute Gasteiger partial charge is 0.364 e. The van der Waals surface area contributed by atoms with Gasteiger partial charge in [0.25, 0.3) is 12.3 Å². The van der Waals surface area contributed by atoms with Gasteiger partial charge < -0.3 is 10.3 Å². The van der Waals surface area contributed by atoms with E-state index in [1.54, 1.807) is 18.3 Å². The van der Waals surface area contributed by atoms with Crippen LogP contribution in [0.5, 0.6) is 0 Å². The maximum Gasteiger partial charge on any atom is 0.267 e. The predicted octanol–water partition coefficient (Wildman–Crippen LogP) is 3.07. The van der Waals surface area contributed by atoms with Crippen molar-refractivity contribution in [3.63, 3.8) is 0 Å². The van der Waals surface area contributed by atoms with Crippen molar-refractivity contribution in [3.8, 4) is 22.6 Å². The summed E-state index contributed by atoms with van der Waals surface area (Å²) in [6.45, 7) is 0.915. The number of rotatable bonds is 5. The number of carbonyl (C=O) groups excluding carboxylic acids is 1. The van der Waals surface area contributed by atoms with Crippen molar-refractivity contribution < 1.29 is 18.0 Å². The quantitative estimate of drug-likeness (QED) is 0.557. The molecular weight excluding hydrogens is 385 g/mol. The van der Waals surface area contributed by atoms with E-state index >= 15 is 0 Å². The fourth-order valence-corrected chi connectivity index (χ4v) is 3.14. The third kappa shape index (κ3) is 3.33. The van der Waals surface area contributed by atoms with Gasteiger partial charge >= 0.3 is 0 Å². The average molecular weight is 400 g/mol. The van der Waals surface area contributed by atoms with Gasteiger partial charge in [0, 0.05) is 11.8 Å². The van der Waals surface area contributed by atoms with Crippen molar-refractivity contribution in [2.75, 3.05) is 0 Å². The summed E-state index contributed by atoms with van der Waals surface area (Å²) in [4.78, 5) is 24.2. The number of halogens is 3. The van der Waals surface area contributed by atoms with Crippen molar-refractivity contribution in [2.45, 2.75) is 19.9 Å². The van der Waals surface area contributed by atoms with Crippen LogP contribution in [0.25, 0.3) is 28.3 Å². The van der Waals surface area contributed by atoms with Gasteiger partial charge in [-0.15, -0.1) is 0 Å². The molecule has 0 aliphatic carbocycles. The molecule has 0 fully saturated rings. The smallest absolute Gasteiger partial charge is 0.267 e. The second-order valence-electron chi connectivity index (χ2n) is 6.40. The Labute approximate surface area is 162 Å². The number of carbonyl (C=O) groups is 1. The second-order valence-corrected chi connectivity index (χ2v) is 6.40. The summed E-state index contributed by atoms with van der Waals surface area (Å²) in [5.74, 6) is -1.15. The molecule has 0 radical (unpaired) electrons. The summed E-state index contributed by atoms with van der Waals surface area (Å²) < 4.78 is 42.7. The molecule has 4 rings (SSSR count). The van der Waals surface area contributed by atoms with Crippen LogP contribution in [0, 0.1) is 12.7 Å². The number of fused-ring (bicyclic) bond motifs is 1. The van der Waals surface area contributed by atoms with E-state index in [9.17, 15) is 18.0 Å². The number of nitrogens with zero attached hydrogens (tertiary/aromatic N) is 5. The summed E-state index contributed by atoms with van der Waals surface area (Å²) in [5, 5.41) is 0. The molecule has 4 heterocycles. The van der Waals surface area contributed by atoms with Gasteiger partial charge in [-0.3, -0.25) is 9.20 Å². The van der Waals surface area contributed by atoms with E-state index in [0.717, 1.165) is 0 Å². The van der Waals surface area contributed by atoms with Crippen molar-refractivity contribution in [3.05, 3.63) is 60.2 Å². The molecule has 0 aliphatic heterocycles. The molecule has 148 valence electrons. The predicted molar refractivity (Wildman–Crippen MR) is 98.9 cm³/mol. The van der Waals surface area contributed by atoms with Crippen LogP contribution in [0.2, 0.25) is 0 Å².